The van der Waals surface area contributed by atoms with E-state index in [-0.39, 0.29) is 54.3 Å². The summed E-state index contributed by atoms with van der Waals surface area (Å²) in [6, 6.07) is 0. The van der Waals surface area contributed by atoms with Crippen LogP contribution in [0.2, 0.25) is 0 Å². The van der Waals surface area contributed by atoms with E-state index >= 15 is 0 Å². The molecule has 0 saturated heterocycles. The van der Waals surface area contributed by atoms with Gasteiger partial charge in [0.05, 0.1) is 13.0 Å². The first-order valence-corrected chi connectivity index (χ1v) is 4.69. The fourth-order valence-corrected chi connectivity index (χ4v) is 0.990. The third kappa shape index (κ3) is 8.78. The molecule has 0 unspecified atom stereocenters. The Morgan fingerprint density at radius 2 is 1.73 bits per heavy atom. The third-order valence-electron chi connectivity index (χ3n) is 1.50. The number of Topliss-reactive ketones (excluding diaryl/α,β-unsaturated/α-hetero) is 2. The molecule has 0 atom stereocenters. The van der Waals surface area contributed by atoms with Gasteiger partial charge in [-0.3, -0.25) is 9.59 Å². The first-order valence-electron chi connectivity index (χ1n) is 4.69. The maximum Gasteiger partial charge on any atom is 0.375 e. The smallest absolute Gasteiger partial charge is 0.375 e. The maximum atomic E-state index is 11.1. The van der Waals surface area contributed by atoms with Gasteiger partial charge in [0.15, 0.2) is 0 Å². The van der Waals surface area contributed by atoms with Gasteiger partial charge in [-0.1, -0.05) is 13.8 Å². The van der Waals surface area contributed by atoms with E-state index in [1.54, 1.807) is 6.92 Å². The van der Waals surface area contributed by atoms with E-state index in [1.165, 1.54) is 0 Å². The second-order valence-corrected chi connectivity index (χ2v) is 3.46. The van der Waals surface area contributed by atoms with Crippen LogP contribution in [0.5, 0.6) is 0 Å². The van der Waals surface area contributed by atoms with Crippen LogP contribution in [-0.2, 0) is 19.1 Å². The minimum Gasteiger partial charge on any atom is -0.460 e. The van der Waals surface area contributed by atoms with Crippen molar-refractivity contribution in [1.82, 2.24) is 0 Å². The predicted molar refractivity (Wildman–Crippen MR) is 56.5 cm³/mol. The Hall–Kier alpha value is -0.190. The molecule has 0 aromatic heterocycles. The zero-order valence-electron chi connectivity index (χ0n) is 9.83. The normalized spacial score (nSPS) is 9.33. The first-order chi connectivity index (χ1) is 6.47. The minimum absolute atomic E-state index is 0. The molecule has 0 fully saturated rings. The monoisotopic (exact) mass is 223 g/mol. The van der Waals surface area contributed by atoms with Gasteiger partial charge in [0, 0.05) is 36.0 Å². The molecule has 0 amide bonds. The number of carbonyl (C=O) groups excluding carboxylic acids is 3. The van der Waals surface area contributed by atoms with Crippen molar-refractivity contribution in [2.24, 2.45) is 5.92 Å². The number of ether oxygens (including phenoxy) is 1. The summed E-state index contributed by atoms with van der Waals surface area (Å²) < 4.78 is 4.47. The van der Waals surface area contributed by atoms with Gasteiger partial charge in [0.1, 0.15) is 5.78 Å². The number of carbonyl (C=O) groups is 3. The molecule has 0 bridgehead atoms. The third-order valence-corrected chi connectivity index (χ3v) is 1.50. The van der Waals surface area contributed by atoms with Crippen molar-refractivity contribution >= 4 is 47.1 Å². The second-order valence-electron chi connectivity index (χ2n) is 3.46. The molecule has 0 aromatic rings. The molecule has 0 N–H and O–H groups in total. The topological polar surface area (TPSA) is 60.4 Å². The van der Waals surface area contributed by atoms with Crippen molar-refractivity contribution in [2.75, 3.05) is 6.61 Å². The van der Waals surface area contributed by atoms with Gasteiger partial charge in [-0.15, -0.1) is 0 Å². The number of hydrogen-bond acceptors (Lipinski definition) is 4. The van der Waals surface area contributed by atoms with Crippen LogP contribution < -0.4 is 0 Å². The fraction of sp³-hybridized carbons (Fsp3) is 0.700. The zero-order chi connectivity index (χ0) is 11.1. The Kier molecular flexibility index (Phi) is 10.4. The van der Waals surface area contributed by atoms with E-state index in [0.29, 0.717) is 6.42 Å². The Labute approximate surface area is 112 Å². The number of hydrogen-bond donors (Lipinski definition) is 0. The Morgan fingerprint density at radius 1 is 1.20 bits per heavy atom. The van der Waals surface area contributed by atoms with Gasteiger partial charge >= 0.3 is 5.97 Å². The fourth-order valence-electron chi connectivity index (χ4n) is 0.990. The Bertz CT molecular complexity index is 236. The van der Waals surface area contributed by atoms with Crippen LogP contribution in [0.4, 0.5) is 0 Å². The van der Waals surface area contributed by atoms with Gasteiger partial charge in [0.25, 0.3) is 0 Å². The molecular weight excluding hydrogens is 207 g/mol. The van der Waals surface area contributed by atoms with Gasteiger partial charge in [-0.05, 0) is 12.8 Å². The molecule has 0 heterocycles. The first kappa shape index (κ1) is 17.2. The predicted octanol–water partition coefficient (Wildman–Crippen LogP) is 0.743. The van der Waals surface area contributed by atoms with Crippen LogP contribution in [0.25, 0.3) is 0 Å². The van der Waals surface area contributed by atoms with Gasteiger partial charge in [-0.25, -0.2) is 4.79 Å². The summed E-state index contributed by atoms with van der Waals surface area (Å²) in [6.07, 6.45) is -0.0117. The van der Waals surface area contributed by atoms with Gasteiger partial charge in [-0.2, -0.15) is 0 Å². The van der Waals surface area contributed by atoms with E-state index in [0.717, 1.165) is 0 Å². The summed E-state index contributed by atoms with van der Waals surface area (Å²) >= 11 is 0. The average molecular weight is 223 g/mol. The molecule has 0 spiro atoms. The number of rotatable bonds is 6. The minimum atomic E-state index is -0.912. The van der Waals surface area contributed by atoms with Crippen LogP contribution in [0, 0.1) is 5.92 Å². The summed E-state index contributed by atoms with van der Waals surface area (Å²) in [5.41, 5.74) is 0. The Balaban J connectivity index is 0. The summed E-state index contributed by atoms with van der Waals surface area (Å²) in [7, 11) is 0. The average Bonchev–Trinajstić information content (AvgIpc) is 2.02. The van der Waals surface area contributed by atoms with Crippen molar-refractivity contribution in [1.29, 1.82) is 0 Å². The van der Waals surface area contributed by atoms with Crippen molar-refractivity contribution < 1.29 is 19.1 Å². The van der Waals surface area contributed by atoms with Crippen molar-refractivity contribution in [3.63, 3.8) is 0 Å². The molecule has 0 saturated carbocycles. The summed E-state index contributed by atoms with van der Waals surface area (Å²) in [5, 5.41) is 0. The van der Waals surface area contributed by atoms with Crippen LogP contribution in [0.15, 0.2) is 0 Å². The van der Waals surface area contributed by atoms with Crippen LogP contribution in [0.3, 0.4) is 0 Å². The van der Waals surface area contributed by atoms with E-state index in [9.17, 15) is 14.4 Å². The molecule has 5 heteroatoms. The molecule has 0 aliphatic rings. The standard InChI is InChI=1S/C10H16O4.Na/c1-4-14-10(13)9(12)6-8(11)5-7(2)3;/h7H,4-6H2,1-3H3;. The van der Waals surface area contributed by atoms with E-state index in [2.05, 4.69) is 4.74 Å². The van der Waals surface area contributed by atoms with E-state index in [1.807, 2.05) is 13.8 Å². The van der Waals surface area contributed by atoms with Gasteiger partial charge in [0.2, 0.25) is 5.78 Å². The van der Waals surface area contributed by atoms with Crippen LogP contribution in [-0.4, -0.2) is 53.7 Å². The summed E-state index contributed by atoms with van der Waals surface area (Å²) in [4.78, 5) is 33.0. The van der Waals surface area contributed by atoms with Crippen molar-refractivity contribution in [2.45, 2.75) is 33.6 Å². The molecule has 1 radical (unpaired) electrons. The van der Waals surface area contributed by atoms with Crippen LogP contribution in [0.1, 0.15) is 33.6 Å². The molecule has 15 heavy (non-hydrogen) atoms. The molecule has 81 valence electrons. The van der Waals surface area contributed by atoms with E-state index < -0.39 is 11.8 Å². The van der Waals surface area contributed by atoms with Gasteiger partial charge < -0.3 is 4.74 Å². The Morgan fingerprint density at radius 3 is 2.13 bits per heavy atom. The molecular formula is C10H16NaO4. The van der Waals surface area contributed by atoms with Crippen molar-refractivity contribution in [3.8, 4) is 0 Å². The van der Waals surface area contributed by atoms with Crippen molar-refractivity contribution in [3.05, 3.63) is 0 Å². The largest absolute Gasteiger partial charge is 0.460 e. The molecule has 0 aliphatic carbocycles. The quantitative estimate of drug-likeness (QED) is 0.288. The number of esters is 1. The molecule has 0 aliphatic heterocycles. The maximum absolute atomic E-state index is 11.1. The SMILES string of the molecule is CCOC(=O)C(=O)CC(=O)CC(C)C.[Na]. The zero-order valence-corrected chi connectivity index (χ0v) is 11.8. The molecule has 0 aromatic carbocycles. The number of ketones is 2. The molecule has 0 rings (SSSR count). The molecule has 4 nitrogen and oxygen atoms in total. The van der Waals surface area contributed by atoms with Crippen LogP contribution >= 0.6 is 0 Å². The van der Waals surface area contributed by atoms with E-state index in [4.69, 9.17) is 0 Å². The summed E-state index contributed by atoms with van der Waals surface area (Å²) in [5.74, 6) is -1.67. The summed E-state index contributed by atoms with van der Waals surface area (Å²) in [6.45, 7) is 5.53. The second kappa shape index (κ2) is 9.07.